The number of piperidine rings is 1. The highest BCUT2D eigenvalue weighted by molar-refractivity contribution is 5.86. The van der Waals surface area contributed by atoms with Crippen molar-refractivity contribution < 1.29 is 33.4 Å². The van der Waals surface area contributed by atoms with Crippen LogP contribution in [0.15, 0.2) is 48.5 Å². The molecule has 11 nitrogen and oxygen atoms in total. The van der Waals surface area contributed by atoms with Crippen LogP contribution in [0.25, 0.3) is 0 Å². The maximum absolute atomic E-state index is 13.0. The number of hydrogen-bond acceptors (Lipinski definition) is 7. The van der Waals surface area contributed by atoms with Crippen molar-refractivity contribution in [1.82, 2.24) is 10.2 Å². The number of benzene rings is 2. The highest BCUT2D eigenvalue weighted by atomic mass is 16.6. The summed E-state index contributed by atoms with van der Waals surface area (Å²) in [6.07, 6.45) is 0.157. The molecule has 4 N–H and O–H groups in total. The molecule has 0 radical (unpaired) electrons. The van der Waals surface area contributed by atoms with Gasteiger partial charge in [0.1, 0.15) is 24.5 Å². The summed E-state index contributed by atoms with van der Waals surface area (Å²) in [5, 5.41) is 5.22. The standard InChI is InChI=1S/C31H42N4O7/c1-6-21-11-13-22(14-12-21)34-29(39)41-20-31(26(27(32)37)23-9-7-8-10-24(23)40-5)15-17-35(18-16-31)25(36)19-33-28(38)42-30(2,3)4/h7-14,26H,6,15-20H2,1-5H3,(H2,32,37)(H,33,38)(H,34,39). The van der Waals surface area contributed by atoms with Crippen molar-refractivity contribution in [3.63, 3.8) is 0 Å². The van der Waals surface area contributed by atoms with Crippen LogP contribution in [-0.4, -0.2) is 67.9 Å². The number of para-hydroxylation sites is 1. The highest BCUT2D eigenvalue weighted by Crippen LogP contribution is 2.47. The third-order valence-electron chi connectivity index (χ3n) is 7.34. The number of rotatable bonds is 10. The molecule has 2 aromatic carbocycles. The molecule has 4 amide bonds. The summed E-state index contributed by atoms with van der Waals surface area (Å²) >= 11 is 0. The van der Waals surface area contributed by atoms with E-state index in [9.17, 15) is 19.2 Å². The monoisotopic (exact) mass is 582 g/mol. The summed E-state index contributed by atoms with van der Waals surface area (Å²) in [7, 11) is 1.51. The van der Waals surface area contributed by atoms with Gasteiger partial charge >= 0.3 is 12.2 Å². The summed E-state index contributed by atoms with van der Waals surface area (Å²) in [4.78, 5) is 52.4. The first-order chi connectivity index (χ1) is 19.9. The number of primary amides is 1. The van der Waals surface area contributed by atoms with Crippen LogP contribution in [0.2, 0.25) is 0 Å². The third-order valence-corrected chi connectivity index (χ3v) is 7.34. The molecular formula is C31H42N4O7. The van der Waals surface area contributed by atoms with E-state index in [1.165, 1.54) is 7.11 Å². The molecule has 42 heavy (non-hydrogen) atoms. The van der Waals surface area contributed by atoms with E-state index in [1.807, 2.05) is 19.1 Å². The Morgan fingerprint density at radius 2 is 1.64 bits per heavy atom. The highest BCUT2D eigenvalue weighted by Gasteiger charge is 2.48. The number of ether oxygens (including phenoxy) is 3. The van der Waals surface area contributed by atoms with Gasteiger partial charge in [-0.05, 0) is 63.8 Å². The summed E-state index contributed by atoms with van der Waals surface area (Å²) < 4.78 is 16.5. The lowest BCUT2D eigenvalue weighted by molar-refractivity contribution is -0.134. The Labute approximate surface area is 247 Å². The van der Waals surface area contributed by atoms with Gasteiger partial charge in [-0.1, -0.05) is 37.3 Å². The van der Waals surface area contributed by atoms with E-state index in [2.05, 4.69) is 10.6 Å². The lowest BCUT2D eigenvalue weighted by Gasteiger charge is -2.45. The third kappa shape index (κ3) is 8.61. The fraction of sp³-hybridized carbons (Fsp3) is 0.484. The molecule has 1 aliphatic rings. The van der Waals surface area contributed by atoms with Gasteiger partial charge in [0, 0.05) is 29.8 Å². The number of likely N-dealkylation sites (tertiary alicyclic amines) is 1. The van der Waals surface area contributed by atoms with Crippen LogP contribution < -0.4 is 21.1 Å². The Morgan fingerprint density at radius 3 is 2.21 bits per heavy atom. The molecule has 1 aliphatic heterocycles. The van der Waals surface area contributed by atoms with Crippen LogP contribution in [0, 0.1) is 5.41 Å². The number of amides is 4. The Balaban J connectivity index is 1.78. The number of carbonyl (C=O) groups excluding carboxylic acids is 4. The van der Waals surface area contributed by atoms with E-state index in [0.717, 1.165) is 12.0 Å². The maximum Gasteiger partial charge on any atom is 0.411 e. The quantitative estimate of drug-likeness (QED) is 0.380. The van der Waals surface area contributed by atoms with Crippen LogP contribution >= 0.6 is 0 Å². The van der Waals surface area contributed by atoms with Crippen LogP contribution in [0.5, 0.6) is 5.75 Å². The largest absolute Gasteiger partial charge is 0.496 e. The summed E-state index contributed by atoms with van der Waals surface area (Å²) in [5.41, 5.74) is 6.69. The van der Waals surface area contributed by atoms with E-state index in [0.29, 0.717) is 29.8 Å². The number of anilines is 1. The second-order valence-electron chi connectivity index (χ2n) is 11.4. The Kier molecular flexibility index (Phi) is 10.8. The van der Waals surface area contributed by atoms with E-state index < -0.39 is 35.0 Å². The summed E-state index contributed by atoms with van der Waals surface area (Å²) in [5.74, 6) is -1.26. The molecule has 1 heterocycles. The SMILES string of the molecule is CCc1ccc(NC(=O)OCC2(C(C(N)=O)c3ccccc3OC)CCN(C(=O)CNC(=O)OC(C)(C)C)CC2)cc1. The topological polar surface area (TPSA) is 149 Å². The Morgan fingerprint density at radius 1 is 1.00 bits per heavy atom. The van der Waals surface area contributed by atoms with Gasteiger partial charge in [0.25, 0.3) is 0 Å². The lowest BCUT2D eigenvalue weighted by atomic mass is 9.66. The minimum absolute atomic E-state index is 0.115. The van der Waals surface area contributed by atoms with Crippen LogP contribution in [0.1, 0.15) is 57.6 Å². The van der Waals surface area contributed by atoms with E-state index in [1.54, 1.807) is 62.1 Å². The minimum Gasteiger partial charge on any atom is -0.496 e. The van der Waals surface area contributed by atoms with Crippen LogP contribution in [0.3, 0.4) is 0 Å². The first kappa shape index (κ1) is 32.2. The average molecular weight is 583 g/mol. The van der Waals surface area contributed by atoms with Crippen molar-refractivity contribution >= 4 is 29.7 Å². The molecule has 0 saturated carbocycles. The van der Waals surface area contributed by atoms with Crippen molar-refractivity contribution in [2.24, 2.45) is 11.1 Å². The van der Waals surface area contributed by atoms with Gasteiger partial charge in [0.05, 0.1) is 13.0 Å². The molecule has 0 aromatic heterocycles. The zero-order chi connectivity index (χ0) is 30.9. The molecule has 228 valence electrons. The van der Waals surface area contributed by atoms with E-state index in [-0.39, 0.29) is 32.1 Å². The number of aryl methyl sites for hydroxylation is 1. The van der Waals surface area contributed by atoms with Gasteiger partial charge in [0.2, 0.25) is 11.8 Å². The molecule has 0 bridgehead atoms. The minimum atomic E-state index is -0.917. The molecule has 1 atom stereocenters. The maximum atomic E-state index is 13.0. The molecular weight excluding hydrogens is 540 g/mol. The normalized spacial score (nSPS) is 15.2. The number of alkyl carbamates (subject to hydrolysis) is 1. The van der Waals surface area contributed by atoms with Crippen molar-refractivity contribution in [1.29, 1.82) is 0 Å². The van der Waals surface area contributed by atoms with Crippen LogP contribution in [0.4, 0.5) is 15.3 Å². The van der Waals surface area contributed by atoms with Crippen molar-refractivity contribution in [3.8, 4) is 5.75 Å². The number of nitrogens with one attached hydrogen (secondary N) is 2. The molecule has 2 aromatic rings. The molecule has 0 spiro atoms. The van der Waals surface area contributed by atoms with Gasteiger partial charge < -0.3 is 30.2 Å². The van der Waals surface area contributed by atoms with Crippen molar-refractivity contribution in [2.75, 3.05) is 38.7 Å². The van der Waals surface area contributed by atoms with Gasteiger partial charge in [0.15, 0.2) is 0 Å². The number of hydrogen-bond donors (Lipinski definition) is 3. The second kappa shape index (κ2) is 14.1. The fourth-order valence-corrected chi connectivity index (χ4v) is 5.17. The molecule has 11 heteroatoms. The fourth-order valence-electron chi connectivity index (χ4n) is 5.17. The van der Waals surface area contributed by atoms with Gasteiger partial charge in [-0.3, -0.25) is 14.9 Å². The number of methoxy groups -OCH3 is 1. The first-order valence-electron chi connectivity index (χ1n) is 14.1. The summed E-state index contributed by atoms with van der Waals surface area (Å²) in [6.45, 7) is 7.43. The molecule has 1 fully saturated rings. The van der Waals surface area contributed by atoms with E-state index in [4.69, 9.17) is 19.9 Å². The number of carbonyl (C=O) groups is 4. The number of nitrogens with two attached hydrogens (primary N) is 1. The second-order valence-corrected chi connectivity index (χ2v) is 11.4. The molecule has 1 saturated heterocycles. The Bertz CT molecular complexity index is 1250. The number of nitrogens with zero attached hydrogens (tertiary/aromatic N) is 1. The van der Waals surface area contributed by atoms with Crippen molar-refractivity contribution in [2.45, 2.75) is 58.5 Å². The predicted molar refractivity (Wildman–Crippen MR) is 158 cm³/mol. The Hall–Kier alpha value is -4.28. The predicted octanol–water partition coefficient (Wildman–Crippen LogP) is 4.21. The average Bonchev–Trinajstić information content (AvgIpc) is 2.95. The molecule has 3 rings (SSSR count). The van der Waals surface area contributed by atoms with Crippen LogP contribution in [-0.2, 0) is 25.5 Å². The summed E-state index contributed by atoms with van der Waals surface area (Å²) in [6, 6.07) is 14.5. The van der Waals surface area contributed by atoms with Crippen molar-refractivity contribution in [3.05, 3.63) is 59.7 Å². The lowest BCUT2D eigenvalue weighted by Crippen LogP contribution is -2.52. The molecule has 0 aliphatic carbocycles. The smallest absolute Gasteiger partial charge is 0.411 e. The van der Waals surface area contributed by atoms with E-state index >= 15 is 0 Å². The van der Waals surface area contributed by atoms with Gasteiger partial charge in [-0.15, -0.1) is 0 Å². The van der Waals surface area contributed by atoms with Gasteiger partial charge in [-0.2, -0.15) is 0 Å². The van der Waals surface area contributed by atoms with Gasteiger partial charge in [-0.25, -0.2) is 9.59 Å². The zero-order valence-corrected chi connectivity index (χ0v) is 25.0. The first-order valence-corrected chi connectivity index (χ1v) is 14.1. The molecule has 1 unspecified atom stereocenters. The zero-order valence-electron chi connectivity index (χ0n) is 25.0.